The van der Waals surface area contributed by atoms with E-state index in [-0.39, 0.29) is 32.2 Å². The molecule has 0 aromatic heterocycles. The van der Waals surface area contributed by atoms with E-state index in [0.717, 1.165) is 96.3 Å². The smallest absolute Gasteiger partial charge is 0.306 e. The van der Waals surface area contributed by atoms with Crippen LogP contribution in [0.4, 0.5) is 0 Å². The van der Waals surface area contributed by atoms with E-state index in [4.69, 9.17) is 18.9 Å². The van der Waals surface area contributed by atoms with Crippen molar-refractivity contribution in [3.05, 3.63) is 109 Å². The minimum Gasteiger partial charge on any atom is -0.545 e. The summed E-state index contributed by atoms with van der Waals surface area (Å²) >= 11 is 0. The Bertz CT molecular complexity index is 2000. The highest BCUT2D eigenvalue weighted by atomic mass is 16.7. The fourth-order valence-electron chi connectivity index (χ4n) is 12.1. The lowest BCUT2D eigenvalue weighted by Crippen LogP contribution is -2.44. The van der Waals surface area contributed by atoms with Gasteiger partial charge in [-0.2, -0.15) is 0 Å². The molecule has 572 valence electrons. The number of likely N-dealkylation sites (N-methyl/N-ethyl adjacent to an activating group) is 1. The lowest BCUT2D eigenvalue weighted by molar-refractivity contribution is -0.870. The molecule has 0 fully saturated rings. The second-order valence-electron chi connectivity index (χ2n) is 29.4. The Hall–Kier alpha value is -4.05. The molecular formula is C90H159NO8. The lowest BCUT2D eigenvalue weighted by atomic mass is 10.0. The number of unbranched alkanes of at least 4 members (excludes halogenated alkanes) is 45. The zero-order chi connectivity index (χ0) is 71.8. The molecule has 0 aromatic rings. The van der Waals surface area contributed by atoms with E-state index in [2.05, 4.69) is 123 Å². The van der Waals surface area contributed by atoms with Crippen molar-refractivity contribution in [2.75, 3.05) is 47.5 Å². The minimum absolute atomic E-state index is 0.145. The van der Waals surface area contributed by atoms with Crippen LogP contribution in [-0.2, 0) is 33.3 Å². The Morgan fingerprint density at radius 2 is 0.576 bits per heavy atom. The number of hydrogen-bond donors (Lipinski definition) is 0. The van der Waals surface area contributed by atoms with E-state index in [0.29, 0.717) is 23.9 Å². The number of hydrogen-bond acceptors (Lipinski definition) is 8. The molecular weight excluding hydrogens is 1220 g/mol. The van der Waals surface area contributed by atoms with Crippen LogP contribution in [0.25, 0.3) is 0 Å². The number of allylic oxidation sites excluding steroid dienone is 18. The molecule has 0 aliphatic rings. The fourth-order valence-corrected chi connectivity index (χ4v) is 12.1. The first-order valence-electron chi connectivity index (χ1n) is 42.0. The van der Waals surface area contributed by atoms with Gasteiger partial charge >= 0.3 is 11.9 Å². The number of ether oxygens (including phenoxy) is 4. The van der Waals surface area contributed by atoms with Gasteiger partial charge in [0, 0.05) is 12.8 Å². The van der Waals surface area contributed by atoms with Gasteiger partial charge in [-0.25, -0.2) is 0 Å². The minimum atomic E-state index is -1.63. The molecule has 0 spiro atoms. The summed E-state index contributed by atoms with van der Waals surface area (Å²) in [7, 11) is 5.94. The van der Waals surface area contributed by atoms with Crippen molar-refractivity contribution in [1.82, 2.24) is 0 Å². The van der Waals surface area contributed by atoms with Gasteiger partial charge in [-0.3, -0.25) is 9.59 Å². The molecule has 9 heteroatoms. The maximum Gasteiger partial charge on any atom is 0.306 e. The molecule has 0 aliphatic heterocycles. The van der Waals surface area contributed by atoms with Crippen molar-refractivity contribution in [2.45, 2.75) is 399 Å². The van der Waals surface area contributed by atoms with E-state index in [1.54, 1.807) is 0 Å². The van der Waals surface area contributed by atoms with Crippen LogP contribution in [0.3, 0.4) is 0 Å². The van der Waals surface area contributed by atoms with Gasteiger partial charge < -0.3 is 33.3 Å². The number of esters is 2. The molecule has 99 heavy (non-hydrogen) atoms. The largest absolute Gasteiger partial charge is 0.545 e. The topological polar surface area (TPSA) is 111 Å². The summed E-state index contributed by atoms with van der Waals surface area (Å²) in [6.07, 6.45) is 109. The van der Waals surface area contributed by atoms with E-state index in [1.807, 2.05) is 21.1 Å². The van der Waals surface area contributed by atoms with Gasteiger partial charge in [0.1, 0.15) is 13.2 Å². The fraction of sp³-hybridized carbons (Fsp3) is 0.767. The lowest BCUT2D eigenvalue weighted by Gasteiger charge is -2.26. The molecule has 0 saturated carbocycles. The number of carboxylic acid groups (broad SMARTS) is 1. The number of carbonyl (C=O) groups excluding carboxylic acids is 3. The second-order valence-corrected chi connectivity index (χ2v) is 29.4. The van der Waals surface area contributed by atoms with Crippen LogP contribution in [0.15, 0.2) is 109 Å². The summed E-state index contributed by atoms with van der Waals surface area (Å²) in [5, 5.41) is 11.9. The zero-order valence-electron chi connectivity index (χ0n) is 65.6. The monoisotopic (exact) mass is 1380 g/mol. The normalized spacial score (nSPS) is 13.2. The molecule has 0 bridgehead atoms. The average molecular weight is 1380 g/mol. The summed E-state index contributed by atoms with van der Waals surface area (Å²) in [6, 6.07) is 0. The molecule has 0 aromatic carbocycles. The van der Waals surface area contributed by atoms with E-state index in [1.165, 1.54) is 257 Å². The van der Waals surface area contributed by atoms with Crippen molar-refractivity contribution in [2.24, 2.45) is 0 Å². The Kier molecular flexibility index (Phi) is 76.4. The first-order valence-corrected chi connectivity index (χ1v) is 42.0. The van der Waals surface area contributed by atoms with Crippen LogP contribution in [0.1, 0.15) is 386 Å². The third-order valence-corrected chi connectivity index (χ3v) is 18.5. The summed E-state index contributed by atoms with van der Waals surface area (Å²) in [6.45, 7) is 4.66. The molecule has 9 nitrogen and oxygen atoms in total. The average Bonchev–Trinajstić information content (AvgIpc) is 1.57. The van der Waals surface area contributed by atoms with E-state index < -0.39 is 24.3 Å². The summed E-state index contributed by atoms with van der Waals surface area (Å²) < 4.78 is 22.9. The van der Waals surface area contributed by atoms with Crippen LogP contribution in [0.2, 0.25) is 0 Å². The Morgan fingerprint density at radius 3 is 0.859 bits per heavy atom. The molecule has 0 heterocycles. The summed E-state index contributed by atoms with van der Waals surface area (Å²) in [4.78, 5) is 37.6. The van der Waals surface area contributed by atoms with Gasteiger partial charge in [-0.05, 0) is 103 Å². The molecule has 0 rings (SSSR count). The summed E-state index contributed by atoms with van der Waals surface area (Å²) in [5.74, 6) is -2.27. The van der Waals surface area contributed by atoms with Gasteiger partial charge in [-0.1, -0.05) is 380 Å². The van der Waals surface area contributed by atoms with Crippen molar-refractivity contribution in [3.8, 4) is 0 Å². The van der Waals surface area contributed by atoms with Gasteiger partial charge in [-0.15, -0.1) is 0 Å². The highest BCUT2D eigenvalue weighted by molar-refractivity contribution is 5.70. The van der Waals surface area contributed by atoms with Crippen LogP contribution >= 0.6 is 0 Å². The molecule has 0 aliphatic carbocycles. The molecule has 2 atom stereocenters. The number of carbonyl (C=O) groups is 3. The first-order chi connectivity index (χ1) is 48.6. The number of nitrogens with zero attached hydrogens (tertiary/aromatic N) is 1. The molecule has 2 unspecified atom stereocenters. The standard InChI is InChI=1S/C90H159NO8/c1-6-8-10-12-14-16-18-20-22-24-26-28-30-32-34-36-38-40-41-42-43-44-45-46-47-49-50-52-54-56-58-60-62-64-66-68-70-72-74-76-78-80-87(92)97-84-86(85-98-90(89(94)95)96-83-82-91(3,4)5)99-88(93)81-79-77-75-73-71-69-67-65-63-61-59-57-55-53-51-48-39-37-35-33-31-29-27-25-23-21-19-17-15-13-11-9-7-2/h9,11,15,17-18,20-21,23-24,26-27,29,33,35,39,48,53,55,86,90H,6-8,10,12-14,16,19,22,25,28,30-32,34,36-38,40-47,49-52,54,56-85H2,1-5H3/b11-9-,17-15-,20-18-,23-21-,26-24-,29-27-,35-33-,48-39-,55-53-. The number of rotatable bonds is 78. The third kappa shape index (κ3) is 81.1. The molecule has 0 amide bonds. The Morgan fingerprint density at radius 1 is 0.313 bits per heavy atom. The third-order valence-electron chi connectivity index (χ3n) is 18.5. The molecule has 0 N–H and O–H groups in total. The Labute approximate surface area is 613 Å². The maximum absolute atomic E-state index is 13.0. The van der Waals surface area contributed by atoms with E-state index >= 15 is 0 Å². The first kappa shape index (κ1) is 94.9. The Balaban J connectivity index is 3.97. The highest BCUT2D eigenvalue weighted by Gasteiger charge is 2.22. The van der Waals surface area contributed by atoms with Gasteiger partial charge in [0.2, 0.25) is 0 Å². The van der Waals surface area contributed by atoms with Crippen LogP contribution in [0.5, 0.6) is 0 Å². The van der Waals surface area contributed by atoms with Crippen LogP contribution in [0, 0.1) is 0 Å². The zero-order valence-corrected chi connectivity index (χ0v) is 65.6. The number of aliphatic carboxylic acids is 1. The van der Waals surface area contributed by atoms with Gasteiger partial charge in [0.25, 0.3) is 0 Å². The maximum atomic E-state index is 13.0. The molecule has 0 saturated heterocycles. The van der Waals surface area contributed by atoms with Crippen molar-refractivity contribution in [1.29, 1.82) is 0 Å². The SMILES string of the molecule is CC/C=C\C/C=C\C/C=C\C/C=C\C/C=C\C/C=C\C/C=C\CCCCCCCCCCCCCC(=O)OC(COC(=O)CCCCCCCCCCCCCCCCCCCCCCCCCCCCCCC/C=C\C/C=C\CCCCCCC)COC(OCC[N+](C)(C)C)C(=O)[O-]. The predicted molar refractivity (Wildman–Crippen MR) is 426 cm³/mol. The van der Waals surface area contributed by atoms with Crippen molar-refractivity contribution in [3.63, 3.8) is 0 Å². The summed E-state index contributed by atoms with van der Waals surface area (Å²) in [5.41, 5.74) is 0. The quantitative estimate of drug-likeness (QED) is 0.0195. The highest BCUT2D eigenvalue weighted by Crippen LogP contribution is 2.19. The molecule has 0 radical (unpaired) electrons. The van der Waals surface area contributed by atoms with Gasteiger partial charge in [0.05, 0.1) is 40.3 Å². The van der Waals surface area contributed by atoms with Crippen molar-refractivity contribution >= 4 is 17.9 Å². The number of quaternary nitrogens is 1. The van der Waals surface area contributed by atoms with E-state index in [9.17, 15) is 19.5 Å². The number of carboxylic acids is 1. The second kappa shape index (κ2) is 79.6. The van der Waals surface area contributed by atoms with Crippen LogP contribution in [-0.4, -0.2) is 82.3 Å². The van der Waals surface area contributed by atoms with Crippen molar-refractivity contribution < 1.29 is 42.9 Å². The predicted octanol–water partition coefficient (Wildman–Crippen LogP) is 25.9. The van der Waals surface area contributed by atoms with Gasteiger partial charge in [0.15, 0.2) is 12.4 Å². The van der Waals surface area contributed by atoms with Crippen LogP contribution < -0.4 is 5.11 Å².